The van der Waals surface area contributed by atoms with Crippen LogP contribution in [0.4, 0.5) is 0 Å². The van der Waals surface area contributed by atoms with E-state index in [1.807, 2.05) is 51.1 Å². The zero-order valence-corrected chi connectivity index (χ0v) is 15.0. The van der Waals surface area contributed by atoms with Crippen molar-refractivity contribution >= 4 is 15.9 Å². The zero-order chi connectivity index (χ0) is 17.1. The Balaban J connectivity index is 2.04. The highest BCUT2D eigenvalue weighted by molar-refractivity contribution is 7.89. The summed E-state index contributed by atoms with van der Waals surface area (Å²) in [6.45, 7) is 7.39. The average molecular weight is 338 g/mol. The van der Waals surface area contributed by atoms with Gasteiger partial charge in [-0.25, -0.2) is 8.42 Å². The Morgan fingerprint density at radius 2 is 1.65 bits per heavy atom. The summed E-state index contributed by atoms with van der Waals surface area (Å²) in [7, 11) is -3.17. The number of nitrogens with zero attached hydrogens (tertiary/aromatic N) is 2. The van der Waals surface area contributed by atoms with Gasteiger partial charge in [0.15, 0.2) is 0 Å². The highest BCUT2D eigenvalue weighted by atomic mass is 32.2. The fraction of sp³-hybridized carbons (Fsp3) is 0.588. The van der Waals surface area contributed by atoms with Crippen molar-refractivity contribution in [1.82, 2.24) is 9.21 Å². The molecule has 1 aromatic rings. The molecule has 1 amide bonds. The number of hydrogen-bond donors (Lipinski definition) is 0. The van der Waals surface area contributed by atoms with Crippen molar-refractivity contribution in [1.29, 1.82) is 0 Å². The van der Waals surface area contributed by atoms with E-state index in [2.05, 4.69) is 0 Å². The van der Waals surface area contributed by atoms with E-state index in [9.17, 15) is 13.2 Å². The molecule has 1 aliphatic heterocycles. The number of sulfonamides is 1. The summed E-state index contributed by atoms with van der Waals surface area (Å²) in [6, 6.07) is 9.71. The second-order valence-corrected chi connectivity index (χ2v) is 8.59. The van der Waals surface area contributed by atoms with E-state index >= 15 is 0 Å². The van der Waals surface area contributed by atoms with E-state index in [0.29, 0.717) is 32.6 Å². The first kappa shape index (κ1) is 17.9. The third kappa shape index (κ3) is 3.93. The Morgan fingerprint density at radius 1 is 1.09 bits per heavy atom. The maximum atomic E-state index is 12.9. The lowest BCUT2D eigenvalue weighted by Gasteiger charge is -2.38. The van der Waals surface area contributed by atoms with Crippen molar-refractivity contribution in [3.8, 4) is 0 Å². The summed E-state index contributed by atoms with van der Waals surface area (Å²) in [5.74, 6) is 0.229. The quantitative estimate of drug-likeness (QED) is 0.823. The molecular formula is C17H26N2O3S. The van der Waals surface area contributed by atoms with Crippen LogP contribution in [0.5, 0.6) is 0 Å². The van der Waals surface area contributed by atoms with Crippen molar-refractivity contribution in [3.05, 3.63) is 35.9 Å². The molecule has 0 unspecified atom stereocenters. The van der Waals surface area contributed by atoms with E-state index in [1.54, 1.807) is 4.90 Å². The molecule has 2 rings (SSSR count). The van der Waals surface area contributed by atoms with E-state index in [4.69, 9.17) is 0 Å². The lowest BCUT2D eigenvalue weighted by atomic mass is 9.83. The van der Waals surface area contributed by atoms with Crippen LogP contribution in [0.15, 0.2) is 30.3 Å². The van der Waals surface area contributed by atoms with Crippen molar-refractivity contribution in [2.24, 2.45) is 0 Å². The molecule has 1 saturated heterocycles. The van der Waals surface area contributed by atoms with Gasteiger partial charge in [0, 0.05) is 26.2 Å². The van der Waals surface area contributed by atoms with Gasteiger partial charge in [0.05, 0.1) is 11.2 Å². The monoisotopic (exact) mass is 338 g/mol. The first-order valence-electron chi connectivity index (χ1n) is 8.12. The van der Waals surface area contributed by atoms with Gasteiger partial charge in [-0.3, -0.25) is 4.79 Å². The van der Waals surface area contributed by atoms with Crippen molar-refractivity contribution in [2.75, 3.05) is 31.9 Å². The van der Waals surface area contributed by atoms with Crippen molar-refractivity contribution in [3.63, 3.8) is 0 Å². The van der Waals surface area contributed by atoms with Gasteiger partial charge in [0.2, 0.25) is 15.9 Å². The Bertz CT molecular complexity index is 633. The van der Waals surface area contributed by atoms with E-state index in [-0.39, 0.29) is 11.7 Å². The number of rotatable bonds is 5. The number of benzene rings is 1. The van der Waals surface area contributed by atoms with Crippen LogP contribution in [0.2, 0.25) is 0 Å². The van der Waals surface area contributed by atoms with Crippen LogP contribution in [-0.4, -0.2) is 55.5 Å². The molecule has 128 valence electrons. The van der Waals surface area contributed by atoms with E-state index < -0.39 is 15.4 Å². The van der Waals surface area contributed by atoms with Gasteiger partial charge in [-0.1, -0.05) is 37.3 Å². The van der Waals surface area contributed by atoms with Crippen molar-refractivity contribution in [2.45, 2.75) is 32.6 Å². The lowest BCUT2D eigenvalue weighted by molar-refractivity contribution is -0.137. The summed E-state index contributed by atoms with van der Waals surface area (Å²) in [6.07, 6.45) is 0.614. The summed E-state index contributed by atoms with van der Waals surface area (Å²) < 4.78 is 25.7. The van der Waals surface area contributed by atoms with Gasteiger partial charge < -0.3 is 4.90 Å². The molecule has 0 spiro atoms. The second kappa shape index (κ2) is 7.01. The number of carbonyl (C=O) groups excluding carboxylic acids is 1. The highest BCUT2D eigenvalue weighted by Crippen LogP contribution is 2.26. The average Bonchev–Trinajstić information content (AvgIpc) is 2.55. The Hall–Kier alpha value is -1.40. The van der Waals surface area contributed by atoms with Crippen LogP contribution in [0.3, 0.4) is 0 Å². The standard InChI is InChI=1S/C17H26N2O3S/c1-4-14-23(21,22)19-12-10-18(11-13-19)16(20)17(2,3)15-8-6-5-7-9-15/h5-9H,4,10-14H2,1-3H3. The van der Waals surface area contributed by atoms with Crippen LogP contribution >= 0.6 is 0 Å². The molecule has 0 radical (unpaired) electrons. The van der Waals surface area contributed by atoms with Gasteiger partial charge in [-0.2, -0.15) is 4.31 Å². The first-order chi connectivity index (χ1) is 10.8. The van der Waals surface area contributed by atoms with Crippen LogP contribution in [0.25, 0.3) is 0 Å². The van der Waals surface area contributed by atoms with Crippen LogP contribution < -0.4 is 0 Å². The largest absolute Gasteiger partial charge is 0.339 e. The predicted molar refractivity (Wildman–Crippen MR) is 91.7 cm³/mol. The summed E-state index contributed by atoms with van der Waals surface area (Å²) in [4.78, 5) is 14.6. The SMILES string of the molecule is CCCS(=O)(=O)N1CCN(C(=O)C(C)(C)c2ccccc2)CC1. The minimum absolute atomic E-state index is 0.0521. The molecule has 0 bridgehead atoms. The molecule has 23 heavy (non-hydrogen) atoms. The molecule has 0 saturated carbocycles. The first-order valence-corrected chi connectivity index (χ1v) is 9.72. The zero-order valence-electron chi connectivity index (χ0n) is 14.2. The molecule has 5 nitrogen and oxygen atoms in total. The molecule has 6 heteroatoms. The molecule has 0 N–H and O–H groups in total. The fourth-order valence-electron chi connectivity index (χ4n) is 2.93. The normalized spacial score (nSPS) is 17.3. The second-order valence-electron chi connectivity index (χ2n) is 6.50. The molecule has 0 aliphatic carbocycles. The fourth-order valence-corrected chi connectivity index (χ4v) is 4.42. The Labute approximate surface area is 139 Å². The van der Waals surface area contributed by atoms with Gasteiger partial charge in [-0.15, -0.1) is 0 Å². The molecule has 0 atom stereocenters. The third-order valence-corrected chi connectivity index (χ3v) is 6.49. The highest BCUT2D eigenvalue weighted by Gasteiger charge is 2.36. The van der Waals surface area contributed by atoms with E-state index in [1.165, 1.54) is 4.31 Å². The molecule has 0 aromatic heterocycles. The molecular weight excluding hydrogens is 312 g/mol. The third-order valence-electron chi connectivity index (χ3n) is 4.41. The summed E-state index contributed by atoms with van der Waals surface area (Å²) in [5, 5.41) is 0. The topological polar surface area (TPSA) is 57.7 Å². The molecule has 1 aliphatic rings. The maximum Gasteiger partial charge on any atom is 0.232 e. The number of hydrogen-bond acceptors (Lipinski definition) is 3. The number of carbonyl (C=O) groups is 1. The maximum absolute atomic E-state index is 12.9. The van der Waals surface area contributed by atoms with Gasteiger partial charge in [0.1, 0.15) is 0 Å². The van der Waals surface area contributed by atoms with Crippen LogP contribution in [0, 0.1) is 0 Å². The molecule has 1 aromatic carbocycles. The Morgan fingerprint density at radius 3 is 2.17 bits per heavy atom. The number of amides is 1. The van der Waals surface area contributed by atoms with E-state index in [0.717, 1.165) is 5.56 Å². The minimum atomic E-state index is -3.17. The Kier molecular flexibility index (Phi) is 5.47. The van der Waals surface area contributed by atoms with Crippen molar-refractivity contribution < 1.29 is 13.2 Å². The summed E-state index contributed by atoms with van der Waals surface area (Å²) in [5.41, 5.74) is 0.372. The predicted octanol–water partition coefficient (Wildman–Crippen LogP) is 1.85. The molecule has 1 fully saturated rings. The van der Waals surface area contributed by atoms with Gasteiger partial charge in [0.25, 0.3) is 0 Å². The van der Waals surface area contributed by atoms with Crippen LogP contribution in [-0.2, 0) is 20.2 Å². The van der Waals surface area contributed by atoms with Gasteiger partial charge in [-0.05, 0) is 25.8 Å². The van der Waals surface area contributed by atoms with Crippen LogP contribution in [0.1, 0.15) is 32.8 Å². The lowest BCUT2D eigenvalue weighted by Crippen LogP contribution is -2.54. The minimum Gasteiger partial charge on any atom is -0.339 e. The smallest absolute Gasteiger partial charge is 0.232 e. The van der Waals surface area contributed by atoms with Gasteiger partial charge >= 0.3 is 0 Å². The molecule has 1 heterocycles. The summed E-state index contributed by atoms with van der Waals surface area (Å²) >= 11 is 0. The number of piperazine rings is 1.